The molecule has 0 aromatic carbocycles. The molecule has 0 amide bonds. The van der Waals surface area contributed by atoms with Crippen LogP contribution in [0.5, 0.6) is 0 Å². The number of ether oxygens (including phenoxy) is 1. The van der Waals surface area contributed by atoms with E-state index in [9.17, 15) is 0 Å². The first-order valence-electron chi connectivity index (χ1n) is 6.43. The summed E-state index contributed by atoms with van der Waals surface area (Å²) in [5.74, 6) is 0.888. The average Bonchev–Trinajstić information content (AvgIpc) is 2.93. The van der Waals surface area contributed by atoms with Gasteiger partial charge in [-0.05, 0) is 13.3 Å². The summed E-state index contributed by atoms with van der Waals surface area (Å²) in [6, 6.07) is 0. The Hall–Kier alpha value is -1.82. The zero-order chi connectivity index (χ0) is 13.7. The molecule has 0 aliphatic heterocycles. The van der Waals surface area contributed by atoms with Crippen LogP contribution >= 0.6 is 0 Å². The third kappa shape index (κ3) is 3.57. The van der Waals surface area contributed by atoms with Crippen LogP contribution in [-0.4, -0.2) is 39.6 Å². The Bertz CT molecular complexity index is 517. The van der Waals surface area contributed by atoms with Crippen molar-refractivity contribution in [2.24, 2.45) is 7.05 Å². The SMILES string of the molecule is COCCCNc1nccn1Cc1cn(C)nc1C. The molecule has 19 heavy (non-hydrogen) atoms. The van der Waals surface area contributed by atoms with Crippen molar-refractivity contribution in [3.05, 3.63) is 29.8 Å². The number of hydrogen-bond donors (Lipinski definition) is 1. The van der Waals surface area contributed by atoms with E-state index in [1.54, 1.807) is 7.11 Å². The normalized spacial score (nSPS) is 10.9. The van der Waals surface area contributed by atoms with Gasteiger partial charge in [-0.25, -0.2) is 4.98 Å². The monoisotopic (exact) mass is 263 g/mol. The molecule has 6 heteroatoms. The van der Waals surface area contributed by atoms with Crippen molar-refractivity contribution in [1.82, 2.24) is 19.3 Å². The Morgan fingerprint density at radius 1 is 1.42 bits per heavy atom. The molecule has 1 N–H and O–H groups in total. The first-order chi connectivity index (χ1) is 9.20. The number of nitrogens with zero attached hydrogens (tertiary/aromatic N) is 4. The highest BCUT2D eigenvalue weighted by Crippen LogP contribution is 2.11. The number of rotatable bonds is 7. The van der Waals surface area contributed by atoms with Crippen LogP contribution in [0, 0.1) is 6.92 Å². The second-order valence-corrected chi connectivity index (χ2v) is 4.57. The molecular formula is C13H21N5O. The summed E-state index contributed by atoms with van der Waals surface area (Å²) in [7, 11) is 3.65. The number of nitrogens with one attached hydrogen (secondary N) is 1. The second kappa shape index (κ2) is 6.38. The average molecular weight is 263 g/mol. The third-order valence-electron chi connectivity index (χ3n) is 2.98. The van der Waals surface area contributed by atoms with E-state index in [0.29, 0.717) is 0 Å². The van der Waals surface area contributed by atoms with E-state index in [2.05, 4.69) is 20.0 Å². The molecule has 6 nitrogen and oxygen atoms in total. The Balaban J connectivity index is 1.97. The molecule has 0 saturated carbocycles. The first kappa shape index (κ1) is 13.6. The number of aryl methyl sites for hydroxylation is 2. The van der Waals surface area contributed by atoms with E-state index in [0.717, 1.165) is 37.8 Å². The van der Waals surface area contributed by atoms with Crippen molar-refractivity contribution in [3.8, 4) is 0 Å². The summed E-state index contributed by atoms with van der Waals surface area (Å²) in [4.78, 5) is 4.33. The standard InChI is InChI=1S/C13H21N5O/c1-11-12(9-17(2)16-11)10-18-7-6-15-13(18)14-5-4-8-19-3/h6-7,9H,4-5,8,10H2,1-3H3,(H,14,15). The predicted molar refractivity (Wildman–Crippen MR) is 74.3 cm³/mol. The maximum Gasteiger partial charge on any atom is 0.203 e. The van der Waals surface area contributed by atoms with Crippen LogP contribution in [0.4, 0.5) is 5.95 Å². The molecular weight excluding hydrogens is 242 g/mol. The van der Waals surface area contributed by atoms with Crippen LogP contribution in [-0.2, 0) is 18.3 Å². The smallest absolute Gasteiger partial charge is 0.203 e. The summed E-state index contributed by atoms with van der Waals surface area (Å²) in [5, 5.41) is 7.67. The lowest BCUT2D eigenvalue weighted by Gasteiger charge is -2.09. The Morgan fingerprint density at radius 2 is 2.26 bits per heavy atom. The van der Waals surface area contributed by atoms with Crippen LogP contribution in [0.1, 0.15) is 17.7 Å². The minimum atomic E-state index is 0.759. The van der Waals surface area contributed by atoms with Gasteiger partial charge in [0, 0.05) is 51.5 Å². The molecule has 0 saturated heterocycles. The fourth-order valence-electron chi connectivity index (χ4n) is 2.01. The van der Waals surface area contributed by atoms with Gasteiger partial charge in [0.15, 0.2) is 0 Å². The summed E-state index contributed by atoms with van der Waals surface area (Å²) in [5.41, 5.74) is 2.27. The quantitative estimate of drug-likeness (QED) is 0.768. The van der Waals surface area contributed by atoms with Crippen molar-refractivity contribution in [2.45, 2.75) is 19.9 Å². The molecule has 0 radical (unpaired) electrons. The lowest BCUT2D eigenvalue weighted by atomic mass is 10.2. The molecule has 0 spiro atoms. The van der Waals surface area contributed by atoms with Gasteiger partial charge in [-0.3, -0.25) is 4.68 Å². The first-order valence-corrected chi connectivity index (χ1v) is 6.43. The molecule has 2 aromatic rings. The van der Waals surface area contributed by atoms with Gasteiger partial charge in [-0.15, -0.1) is 0 Å². The van der Waals surface area contributed by atoms with Crippen LogP contribution in [0.25, 0.3) is 0 Å². The third-order valence-corrected chi connectivity index (χ3v) is 2.98. The zero-order valence-electron chi connectivity index (χ0n) is 11.8. The molecule has 0 fully saturated rings. The van der Waals surface area contributed by atoms with Crippen molar-refractivity contribution in [1.29, 1.82) is 0 Å². The number of hydrogen-bond acceptors (Lipinski definition) is 4. The Labute approximate surface area is 113 Å². The van der Waals surface area contributed by atoms with Crippen LogP contribution in [0.15, 0.2) is 18.6 Å². The van der Waals surface area contributed by atoms with Crippen LogP contribution < -0.4 is 5.32 Å². The van der Waals surface area contributed by atoms with Gasteiger partial charge in [0.05, 0.1) is 12.2 Å². The lowest BCUT2D eigenvalue weighted by molar-refractivity contribution is 0.197. The summed E-state index contributed by atoms with van der Waals surface area (Å²) < 4.78 is 8.96. The highest BCUT2D eigenvalue weighted by Gasteiger charge is 2.07. The number of anilines is 1. The van der Waals surface area contributed by atoms with Crippen molar-refractivity contribution >= 4 is 5.95 Å². The van der Waals surface area contributed by atoms with Crippen molar-refractivity contribution in [3.63, 3.8) is 0 Å². The molecule has 0 bridgehead atoms. The number of aromatic nitrogens is 4. The topological polar surface area (TPSA) is 56.9 Å². The van der Waals surface area contributed by atoms with Gasteiger partial charge in [0.1, 0.15) is 0 Å². The number of imidazole rings is 1. The number of methoxy groups -OCH3 is 1. The highest BCUT2D eigenvalue weighted by atomic mass is 16.5. The van der Waals surface area contributed by atoms with E-state index >= 15 is 0 Å². The van der Waals surface area contributed by atoms with Crippen LogP contribution in [0.3, 0.4) is 0 Å². The maximum absolute atomic E-state index is 5.03. The van der Waals surface area contributed by atoms with Crippen molar-refractivity contribution < 1.29 is 4.74 Å². The fourth-order valence-corrected chi connectivity index (χ4v) is 2.01. The van der Waals surface area contributed by atoms with Gasteiger partial charge < -0.3 is 14.6 Å². The van der Waals surface area contributed by atoms with Gasteiger partial charge in [0.2, 0.25) is 5.95 Å². The lowest BCUT2D eigenvalue weighted by Crippen LogP contribution is -2.11. The van der Waals surface area contributed by atoms with E-state index in [1.807, 2.05) is 37.2 Å². The highest BCUT2D eigenvalue weighted by molar-refractivity contribution is 5.28. The van der Waals surface area contributed by atoms with Gasteiger partial charge in [0.25, 0.3) is 0 Å². The molecule has 0 aliphatic carbocycles. The van der Waals surface area contributed by atoms with E-state index in [4.69, 9.17) is 4.74 Å². The molecule has 2 rings (SSSR count). The van der Waals surface area contributed by atoms with E-state index < -0.39 is 0 Å². The Kier molecular flexibility index (Phi) is 4.57. The fraction of sp³-hybridized carbons (Fsp3) is 0.538. The van der Waals surface area contributed by atoms with E-state index in [-0.39, 0.29) is 0 Å². The molecule has 0 aliphatic rings. The minimum Gasteiger partial charge on any atom is -0.385 e. The zero-order valence-corrected chi connectivity index (χ0v) is 11.8. The molecule has 2 aromatic heterocycles. The second-order valence-electron chi connectivity index (χ2n) is 4.57. The largest absolute Gasteiger partial charge is 0.385 e. The Morgan fingerprint density at radius 3 is 2.95 bits per heavy atom. The predicted octanol–water partition coefficient (Wildman–Crippen LogP) is 1.42. The molecule has 0 unspecified atom stereocenters. The summed E-state index contributed by atoms with van der Waals surface area (Å²) >= 11 is 0. The van der Waals surface area contributed by atoms with Gasteiger partial charge >= 0.3 is 0 Å². The summed E-state index contributed by atoms with van der Waals surface area (Å²) in [6.45, 7) is 4.43. The molecule has 0 atom stereocenters. The van der Waals surface area contributed by atoms with Gasteiger partial charge in [-0.1, -0.05) is 0 Å². The van der Waals surface area contributed by atoms with Crippen LogP contribution in [0.2, 0.25) is 0 Å². The minimum absolute atomic E-state index is 0.759. The molecule has 2 heterocycles. The summed E-state index contributed by atoms with van der Waals surface area (Å²) in [6.07, 6.45) is 6.80. The van der Waals surface area contributed by atoms with E-state index in [1.165, 1.54) is 5.56 Å². The maximum atomic E-state index is 5.03. The molecule has 104 valence electrons. The van der Waals surface area contributed by atoms with Crippen molar-refractivity contribution in [2.75, 3.05) is 25.6 Å². The van der Waals surface area contributed by atoms with Gasteiger partial charge in [-0.2, -0.15) is 5.10 Å².